The molecule has 1 heterocycles. The average Bonchev–Trinajstić information content (AvgIpc) is 1.85. The van der Waals surface area contributed by atoms with Gasteiger partial charge in [0.05, 0.1) is 0 Å². The lowest BCUT2D eigenvalue weighted by Gasteiger charge is -1.92. The first-order valence-electron chi connectivity index (χ1n) is 2.77. The van der Waals surface area contributed by atoms with Gasteiger partial charge in [-0.3, -0.25) is 0 Å². The van der Waals surface area contributed by atoms with Crippen LogP contribution in [-0.4, -0.2) is 9.97 Å². The van der Waals surface area contributed by atoms with E-state index < -0.39 is 0 Å². The molecule has 0 radical (unpaired) electrons. The third kappa shape index (κ3) is 1.42. The van der Waals surface area contributed by atoms with E-state index in [-0.39, 0.29) is 0 Å². The van der Waals surface area contributed by atoms with E-state index in [9.17, 15) is 0 Å². The Hall–Kier alpha value is -1.14. The number of nitrogens with zero attached hydrogens (tertiary/aromatic N) is 1. The van der Waals surface area contributed by atoms with Gasteiger partial charge in [-0.05, 0) is 25.2 Å². The summed E-state index contributed by atoms with van der Waals surface area (Å²) < 4.78 is 0.438. The first-order valence-corrected chi connectivity index (χ1v) is 3.18. The van der Waals surface area contributed by atoms with Crippen molar-refractivity contribution in [3.8, 4) is 12.3 Å². The molecule has 10 heavy (non-hydrogen) atoms. The Kier molecular flexibility index (Phi) is 1.83. The molecule has 0 bridgehead atoms. The Morgan fingerprint density at radius 1 is 1.80 bits per heavy atom. The summed E-state index contributed by atoms with van der Waals surface area (Å²) in [5, 5.41) is 0. The van der Waals surface area contributed by atoms with Crippen LogP contribution in [0.3, 0.4) is 0 Å². The number of rotatable bonds is 0. The van der Waals surface area contributed by atoms with E-state index in [0.717, 1.165) is 5.69 Å². The van der Waals surface area contributed by atoms with Crippen molar-refractivity contribution in [2.75, 3.05) is 0 Å². The number of hydrogen-bond acceptors (Lipinski definition) is 2. The number of terminal acetylenes is 1. The van der Waals surface area contributed by atoms with Crippen LogP contribution >= 0.6 is 12.2 Å². The van der Waals surface area contributed by atoms with Gasteiger partial charge >= 0.3 is 0 Å². The highest BCUT2D eigenvalue weighted by Gasteiger charge is 1.88. The second-order valence-corrected chi connectivity index (χ2v) is 2.29. The fourth-order valence-electron chi connectivity index (χ4n) is 0.653. The van der Waals surface area contributed by atoms with Gasteiger partial charge in [0.25, 0.3) is 0 Å². The van der Waals surface area contributed by atoms with E-state index in [4.69, 9.17) is 18.6 Å². The van der Waals surface area contributed by atoms with Gasteiger partial charge in [-0.2, -0.15) is 0 Å². The monoisotopic (exact) mass is 150 g/mol. The molecule has 0 fully saturated rings. The summed E-state index contributed by atoms with van der Waals surface area (Å²) in [5.41, 5.74) is 1.52. The van der Waals surface area contributed by atoms with Gasteiger partial charge in [0.1, 0.15) is 5.69 Å². The second-order valence-electron chi connectivity index (χ2n) is 1.90. The maximum absolute atomic E-state index is 5.11. The lowest BCUT2D eigenvalue weighted by atomic mass is 10.3. The summed E-state index contributed by atoms with van der Waals surface area (Å²) in [6.45, 7) is 1.89. The van der Waals surface area contributed by atoms with Gasteiger partial charge in [0.2, 0.25) is 0 Å². The zero-order valence-electron chi connectivity index (χ0n) is 5.51. The van der Waals surface area contributed by atoms with Crippen molar-refractivity contribution >= 4 is 12.2 Å². The minimum atomic E-state index is 0.438. The fraction of sp³-hybridized carbons (Fsp3) is 0.143. The predicted molar refractivity (Wildman–Crippen MR) is 42.1 cm³/mol. The van der Waals surface area contributed by atoms with E-state index in [2.05, 4.69) is 15.9 Å². The fourth-order valence-corrected chi connectivity index (χ4v) is 0.913. The number of hydrogen-bond donors (Lipinski definition) is 1. The molecule has 2 nitrogen and oxygen atoms in total. The minimum absolute atomic E-state index is 0.438. The molecule has 1 rings (SSSR count). The van der Waals surface area contributed by atoms with Crippen molar-refractivity contribution in [1.82, 2.24) is 9.97 Å². The van der Waals surface area contributed by atoms with Crippen molar-refractivity contribution in [1.29, 1.82) is 0 Å². The average molecular weight is 150 g/mol. The van der Waals surface area contributed by atoms with Crippen LogP contribution < -0.4 is 0 Å². The molecule has 0 amide bonds. The minimum Gasteiger partial charge on any atom is -0.335 e. The lowest BCUT2D eigenvalue weighted by molar-refractivity contribution is 1.06. The SMILES string of the molecule is C#Cc1cc(C)[nH]c(=S)n1. The molecular weight excluding hydrogens is 144 g/mol. The van der Waals surface area contributed by atoms with Crippen molar-refractivity contribution in [2.45, 2.75) is 6.92 Å². The normalized spacial score (nSPS) is 8.80. The summed E-state index contributed by atoms with van der Waals surface area (Å²) in [5.74, 6) is 2.41. The lowest BCUT2D eigenvalue weighted by Crippen LogP contribution is -1.89. The molecular formula is C7H6N2S. The highest BCUT2D eigenvalue weighted by atomic mass is 32.1. The van der Waals surface area contributed by atoms with Crippen LogP contribution in [0.4, 0.5) is 0 Å². The molecule has 0 aliphatic heterocycles. The first-order chi connectivity index (χ1) is 4.72. The molecule has 0 spiro atoms. The molecule has 3 heteroatoms. The molecule has 0 aliphatic carbocycles. The van der Waals surface area contributed by atoms with E-state index in [1.165, 1.54) is 0 Å². The molecule has 0 saturated heterocycles. The Bertz CT molecular complexity index is 332. The first kappa shape index (κ1) is 6.97. The Balaban J connectivity index is 3.36. The second kappa shape index (κ2) is 2.63. The summed E-state index contributed by atoms with van der Waals surface area (Å²) in [6.07, 6.45) is 5.11. The van der Waals surface area contributed by atoms with Crippen LogP contribution in [0.2, 0.25) is 0 Å². The molecule has 1 aromatic heterocycles. The van der Waals surface area contributed by atoms with Gasteiger partial charge in [0, 0.05) is 5.69 Å². The quantitative estimate of drug-likeness (QED) is 0.447. The topological polar surface area (TPSA) is 28.7 Å². The van der Waals surface area contributed by atoms with Gasteiger partial charge in [-0.15, -0.1) is 6.42 Å². The third-order valence-electron chi connectivity index (χ3n) is 1.03. The molecule has 0 atom stereocenters. The molecule has 1 N–H and O–H groups in total. The van der Waals surface area contributed by atoms with Crippen molar-refractivity contribution < 1.29 is 0 Å². The Labute approximate surface area is 64.3 Å². The molecule has 1 aromatic rings. The van der Waals surface area contributed by atoms with Gasteiger partial charge in [-0.1, -0.05) is 5.92 Å². The van der Waals surface area contributed by atoms with Gasteiger partial charge in [-0.25, -0.2) is 4.98 Å². The standard InChI is InChI=1S/C7H6N2S/c1-3-6-4-5(2)8-7(10)9-6/h1,4H,2H3,(H,8,9,10). The highest BCUT2D eigenvalue weighted by Crippen LogP contribution is 1.94. The third-order valence-corrected chi connectivity index (χ3v) is 1.22. The van der Waals surface area contributed by atoms with Crippen LogP contribution in [0, 0.1) is 24.0 Å². The van der Waals surface area contributed by atoms with Crippen molar-refractivity contribution in [3.05, 3.63) is 22.2 Å². The van der Waals surface area contributed by atoms with Crippen molar-refractivity contribution in [2.24, 2.45) is 0 Å². The number of aromatic nitrogens is 2. The summed E-state index contributed by atoms with van der Waals surface area (Å²) in [4.78, 5) is 6.73. The molecule has 50 valence electrons. The van der Waals surface area contributed by atoms with Crippen LogP contribution in [-0.2, 0) is 0 Å². The molecule has 0 aromatic carbocycles. The largest absolute Gasteiger partial charge is 0.335 e. The summed E-state index contributed by atoms with van der Waals surface area (Å²) >= 11 is 4.79. The number of H-pyrrole nitrogens is 1. The predicted octanol–water partition coefficient (Wildman–Crippen LogP) is 1.43. The molecule has 0 unspecified atom stereocenters. The van der Waals surface area contributed by atoms with E-state index >= 15 is 0 Å². The van der Waals surface area contributed by atoms with Gasteiger partial charge < -0.3 is 4.98 Å². The summed E-state index contributed by atoms with van der Waals surface area (Å²) in [6, 6.07) is 1.77. The van der Waals surface area contributed by atoms with E-state index in [1.54, 1.807) is 6.07 Å². The van der Waals surface area contributed by atoms with Crippen LogP contribution in [0.25, 0.3) is 0 Å². The summed E-state index contributed by atoms with van der Waals surface area (Å²) in [7, 11) is 0. The van der Waals surface area contributed by atoms with Crippen molar-refractivity contribution in [3.63, 3.8) is 0 Å². The zero-order valence-corrected chi connectivity index (χ0v) is 6.33. The Morgan fingerprint density at radius 3 is 3.00 bits per heavy atom. The van der Waals surface area contributed by atoms with Gasteiger partial charge in [0.15, 0.2) is 4.77 Å². The van der Waals surface area contributed by atoms with E-state index in [1.807, 2.05) is 6.92 Å². The Morgan fingerprint density at radius 2 is 2.50 bits per heavy atom. The highest BCUT2D eigenvalue weighted by molar-refractivity contribution is 7.71. The molecule has 0 saturated carbocycles. The number of aromatic amines is 1. The number of aryl methyl sites for hydroxylation is 1. The van der Waals surface area contributed by atoms with Crippen LogP contribution in [0.15, 0.2) is 6.07 Å². The number of nitrogens with one attached hydrogen (secondary N) is 1. The van der Waals surface area contributed by atoms with E-state index in [0.29, 0.717) is 10.5 Å². The van der Waals surface area contributed by atoms with Crippen LogP contribution in [0.5, 0.6) is 0 Å². The van der Waals surface area contributed by atoms with Crippen LogP contribution in [0.1, 0.15) is 11.4 Å². The zero-order chi connectivity index (χ0) is 7.56. The maximum atomic E-state index is 5.11. The molecule has 0 aliphatic rings. The smallest absolute Gasteiger partial charge is 0.198 e. The maximum Gasteiger partial charge on any atom is 0.198 e.